The molecule has 0 aliphatic heterocycles. The Morgan fingerprint density at radius 1 is 1.35 bits per heavy atom. The Labute approximate surface area is 116 Å². The molecule has 0 unspecified atom stereocenters. The predicted octanol–water partition coefficient (Wildman–Crippen LogP) is 0.248. The average molecular weight is 283 g/mol. The van der Waals surface area contributed by atoms with Crippen LogP contribution in [0, 0.1) is 0 Å². The highest BCUT2D eigenvalue weighted by atomic mass is 16.5. The van der Waals surface area contributed by atoms with Crippen molar-refractivity contribution >= 4 is 5.69 Å². The van der Waals surface area contributed by atoms with Gasteiger partial charge in [-0.3, -0.25) is 14.3 Å². The Kier molecular flexibility index (Phi) is 5.37. The van der Waals surface area contributed by atoms with Crippen molar-refractivity contribution in [1.82, 2.24) is 9.55 Å². The first-order valence-corrected chi connectivity index (χ1v) is 6.99. The standard InChI is InChI=1S/C13H21N3O4/c17-6-7-20-9-16-8-11(12(18)15-13(16)19)14-10-4-2-1-3-5-10/h8,10,14,17H,1-7,9H2,(H,15,18,19). The Balaban J connectivity index is 2.09. The topological polar surface area (TPSA) is 96.4 Å². The average Bonchev–Trinajstić information content (AvgIpc) is 2.45. The molecule has 0 saturated heterocycles. The van der Waals surface area contributed by atoms with Gasteiger partial charge < -0.3 is 15.2 Å². The number of aromatic amines is 1. The summed E-state index contributed by atoms with van der Waals surface area (Å²) in [5.41, 5.74) is -0.523. The van der Waals surface area contributed by atoms with Gasteiger partial charge in [0.15, 0.2) is 0 Å². The lowest BCUT2D eigenvalue weighted by Crippen LogP contribution is -2.34. The number of hydrogen-bond donors (Lipinski definition) is 3. The predicted molar refractivity (Wildman–Crippen MR) is 74.9 cm³/mol. The largest absolute Gasteiger partial charge is 0.394 e. The van der Waals surface area contributed by atoms with Crippen LogP contribution in [0.15, 0.2) is 15.8 Å². The number of aliphatic hydroxyl groups excluding tert-OH is 1. The fourth-order valence-corrected chi connectivity index (χ4v) is 2.40. The van der Waals surface area contributed by atoms with Gasteiger partial charge in [-0.05, 0) is 12.8 Å². The van der Waals surface area contributed by atoms with E-state index in [9.17, 15) is 9.59 Å². The van der Waals surface area contributed by atoms with E-state index in [1.54, 1.807) is 0 Å². The first-order chi connectivity index (χ1) is 9.70. The summed E-state index contributed by atoms with van der Waals surface area (Å²) in [7, 11) is 0. The lowest BCUT2D eigenvalue weighted by Gasteiger charge is -2.23. The van der Waals surface area contributed by atoms with Gasteiger partial charge in [-0.25, -0.2) is 4.79 Å². The van der Waals surface area contributed by atoms with Crippen molar-refractivity contribution in [2.24, 2.45) is 0 Å². The molecule has 112 valence electrons. The fraction of sp³-hybridized carbons (Fsp3) is 0.692. The molecule has 2 rings (SSSR count). The van der Waals surface area contributed by atoms with E-state index >= 15 is 0 Å². The van der Waals surface area contributed by atoms with E-state index in [-0.39, 0.29) is 26.0 Å². The van der Waals surface area contributed by atoms with Crippen LogP contribution in [-0.4, -0.2) is 33.9 Å². The van der Waals surface area contributed by atoms with Gasteiger partial charge in [-0.2, -0.15) is 0 Å². The van der Waals surface area contributed by atoms with Crippen LogP contribution in [0.25, 0.3) is 0 Å². The highest BCUT2D eigenvalue weighted by Crippen LogP contribution is 2.19. The Bertz CT molecular complexity index is 531. The molecule has 3 N–H and O–H groups in total. The molecule has 0 amide bonds. The normalized spacial score (nSPS) is 16.2. The summed E-state index contributed by atoms with van der Waals surface area (Å²) in [6.45, 7) is 0.0533. The molecule has 1 heterocycles. The van der Waals surface area contributed by atoms with E-state index < -0.39 is 11.2 Å². The summed E-state index contributed by atoms with van der Waals surface area (Å²) in [6, 6.07) is 0.286. The van der Waals surface area contributed by atoms with Gasteiger partial charge in [-0.15, -0.1) is 0 Å². The molecule has 0 spiro atoms. The molecule has 0 atom stereocenters. The molecule has 7 heteroatoms. The smallest absolute Gasteiger partial charge is 0.330 e. The Morgan fingerprint density at radius 2 is 2.10 bits per heavy atom. The van der Waals surface area contributed by atoms with Gasteiger partial charge in [-0.1, -0.05) is 19.3 Å². The Morgan fingerprint density at radius 3 is 2.80 bits per heavy atom. The first-order valence-electron chi connectivity index (χ1n) is 6.99. The molecule has 1 aliphatic rings. The van der Waals surface area contributed by atoms with E-state index in [2.05, 4.69) is 10.3 Å². The number of nitrogens with one attached hydrogen (secondary N) is 2. The highest BCUT2D eigenvalue weighted by molar-refractivity contribution is 5.38. The zero-order chi connectivity index (χ0) is 14.4. The maximum Gasteiger partial charge on any atom is 0.330 e. The number of aromatic nitrogens is 2. The maximum absolute atomic E-state index is 11.8. The number of aliphatic hydroxyl groups is 1. The minimum absolute atomic E-state index is 0.00944. The van der Waals surface area contributed by atoms with Crippen LogP contribution in [-0.2, 0) is 11.5 Å². The molecule has 0 radical (unpaired) electrons. The van der Waals surface area contributed by atoms with Gasteiger partial charge in [0.25, 0.3) is 5.56 Å². The summed E-state index contributed by atoms with van der Waals surface area (Å²) in [5, 5.41) is 11.8. The number of hydrogen-bond acceptors (Lipinski definition) is 5. The molecule has 1 aromatic rings. The zero-order valence-electron chi connectivity index (χ0n) is 11.4. The summed E-state index contributed by atoms with van der Waals surface area (Å²) < 4.78 is 6.38. The van der Waals surface area contributed by atoms with Crippen LogP contribution in [0.3, 0.4) is 0 Å². The number of H-pyrrole nitrogens is 1. The van der Waals surface area contributed by atoms with Crippen LogP contribution < -0.4 is 16.6 Å². The molecule has 1 saturated carbocycles. The fourth-order valence-electron chi connectivity index (χ4n) is 2.40. The third-order valence-electron chi connectivity index (χ3n) is 3.44. The summed E-state index contributed by atoms with van der Waals surface area (Å²) in [4.78, 5) is 25.7. The number of rotatable bonds is 6. The third-order valence-corrected chi connectivity index (χ3v) is 3.44. The van der Waals surface area contributed by atoms with Crippen LogP contribution in [0.2, 0.25) is 0 Å². The minimum Gasteiger partial charge on any atom is -0.394 e. The minimum atomic E-state index is -0.512. The molecule has 20 heavy (non-hydrogen) atoms. The van der Waals surface area contributed by atoms with Crippen molar-refractivity contribution in [2.75, 3.05) is 18.5 Å². The maximum atomic E-state index is 11.8. The van der Waals surface area contributed by atoms with E-state index in [4.69, 9.17) is 9.84 Å². The number of nitrogens with zero attached hydrogens (tertiary/aromatic N) is 1. The Hall–Kier alpha value is -1.60. The SMILES string of the molecule is O=c1[nH]c(=O)n(COCCO)cc1NC1CCCCC1. The van der Waals surface area contributed by atoms with Crippen molar-refractivity contribution < 1.29 is 9.84 Å². The molecule has 1 fully saturated rings. The van der Waals surface area contributed by atoms with E-state index in [1.807, 2.05) is 0 Å². The monoisotopic (exact) mass is 283 g/mol. The van der Waals surface area contributed by atoms with Gasteiger partial charge in [0.05, 0.1) is 13.2 Å². The van der Waals surface area contributed by atoms with E-state index in [0.717, 1.165) is 25.7 Å². The second kappa shape index (κ2) is 7.25. The molecule has 1 aliphatic carbocycles. The van der Waals surface area contributed by atoms with Crippen LogP contribution in [0.1, 0.15) is 32.1 Å². The van der Waals surface area contributed by atoms with Gasteiger partial charge >= 0.3 is 5.69 Å². The van der Waals surface area contributed by atoms with Crippen molar-refractivity contribution in [3.8, 4) is 0 Å². The number of anilines is 1. The lowest BCUT2D eigenvalue weighted by atomic mass is 9.95. The summed E-state index contributed by atoms with van der Waals surface area (Å²) >= 11 is 0. The van der Waals surface area contributed by atoms with Crippen molar-refractivity contribution in [2.45, 2.75) is 44.9 Å². The van der Waals surface area contributed by atoms with Crippen molar-refractivity contribution in [3.05, 3.63) is 27.0 Å². The van der Waals surface area contributed by atoms with E-state index in [1.165, 1.54) is 17.2 Å². The van der Waals surface area contributed by atoms with Crippen LogP contribution in [0.4, 0.5) is 5.69 Å². The molecule has 0 bridgehead atoms. The van der Waals surface area contributed by atoms with Gasteiger partial charge in [0, 0.05) is 12.2 Å². The quantitative estimate of drug-likeness (QED) is 0.650. The third kappa shape index (κ3) is 3.94. The molecule has 1 aromatic heterocycles. The van der Waals surface area contributed by atoms with Crippen LogP contribution >= 0.6 is 0 Å². The molecule has 7 nitrogen and oxygen atoms in total. The second-order valence-corrected chi connectivity index (χ2v) is 5.01. The summed E-state index contributed by atoms with van der Waals surface area (Å²) in [5.74, 6) is 0. The molecule has 0 aromatic carbocycles. The van der Waals surface area contributed by atoms with Crippen molar-refractivity contribution in [3.63, 3.8) is 0 Å². The van der Waals surface area contributed by atoms with Gasteiger partial charge in [0.1, 0.15) is 12.4 Å². The highest BCUT2D eigenvalue weighted by Gasteiger charge is 2.15. The van der Waals surface area contributed by atoms with Crippen molar-refractivity contribution in [1.29, 1.82) is 0 Å². The number of ether oxygens (including phenoxy) is 1. The molecular weight excluding hydrogens is 262 g/mol. The van der Waals surface area contributed by atoms with E-state index in [0.29, 0.717) is 5.69 Å². The lowest BCUT2D eigenvalue weighted by molar-refractivity contribution is 0.0457. The summed E-state index contributed by atoms with van der Waals surface area (Å²) in [6.07, 6.45) is 7.12. The zero-order valence-corrected chi connectivity index (χ0v) is 11.4. The van der Waals surface area contributed by atoms with Gasteiger partial charge in [0.2, 0.25) is 0 Å². The van der Waals surface area contributed by atoms with Crippen LogP contribution in [0.5, 0.6) is 0 Å². The second-order valence-electron chi connectivity index (χ2n) is 5.01. The molecular formula is C13H21N3O4. The first kappa shape index (κ1) is 14.8.